The Morgan fingerprint density at radius 2 is 1.25 bits per heavy atom. The Morgan fingerprint density at radius 3 is 1.75 bits per heavy atom. The number of rotatable bonds is 6. The lowest BCUT2D eigenvalue weighted by atomic mass is 10.3. The van der Waals surface area contributed by atoms with Crippen LogP contribution in [0.5, 0.6) is 11.5 Å². The molecule has 24 heavy (non-hydrogen) atoms. The van der Waals surface area contributed by atoms with E-state index in [9.17, 15) is 14.4 Å². The summed E-state index contributed by atoms with van der Waals surface area (Å²) < 4.78 is 27.2. The van der Waals surface area contributed by atoms with Gasteiger partial charge in [0, 0.05) is 6.92 Å². The van der Waals surface area contributed by atoms with Gasteiger partial charge in [0.25, 0.3) is 0 Å². The van der Waals surface area contributed by atoms with Gasteiger partial charge in [0.15, 0.2) is 0 Å². The summed E-state index contributed by atoms with van der Waals surface area (Å²) in [7, 11) is 1.50. The third kappa shape index (κ3) is 9.87. The van der Waals surface area contributed by atoms with Crippen LogP contribution in [0.15, 0.2) is 24.3 Å². The number of carbonyl (C=O) groups excluding carboxylic acids is 3. The number of methoxy groups -OCH3 is 1. The standard InChI is InChI=1S/C13H14O9.C2H6/c1-9(14)18-7-19-12(15)20-8-21-13(16)22-11-5-3-10(17-2)4-6-11;1-2/h3-6H,7-8H2,1-2H3;1-2H3. The van der Waals surface area contributed by atoms with Gasteiger partial charge in [0.05, 0.1) is 7.11 Å². The Kier molecular flexibility index (Phi) is 11.0. The number of hydrogen-bond donors (Lipinski definition) is 0. The smallest absolute Gasteiger partial charge is 0.497 e. The number of carbonyl (C=O) groups is 3. The van der Waals surface area contributed by atoms with E-state index in [0.29, 0.717) is 5.75 Å². The van der Waals surface area contributed by atoms with E-state index < -0.39 is 31.9 Å². The SMILES string of the molecule is CC.COc1ccc(OC(=O)OCOC(=O)OCOC(C)=O)cc1. The van der Waals surface area contributed by atoms with Gasteiger partial charge in [-0.15, -0.1) is 0 Å². The first kappa shape index (κ1) is 21.0. The molecule has 0 radical (unpaired) electrons. The molecule has 1 aromatic rings. The molecule has 0 unspecified atom stereocenters. The van der Waals surface area contributed by atoms with Crippen molar-refractivity contribution in [1.29, 1.82) is 0 Å². The summed E-state index contributed by atoms with van der Waals surface area (Å²) in [5.74, 6) is 0.204. The van der Waals surface area contributed by atoms with Gasteiger partial charge in [0.1, 0.15) is 11.5 Å². The second-order valence-electron chi connectivity index (χ2n) is 3.58. The van der Waals surface area contributed by atoms with Gasteiger partial charge in [0.2, 0.25) is 13.6 Å². The normalized spacial score (nSPS) is 8.83. The molecule has 0 saturated heterocycles. The Balaban J connectivity index is 0.00000254. The highest BCUT2D eigenvalue weighted by Crippen LogP contribution is 2.17. The van der Waals surface area contributed by atoms with Crippen LogP contribution in [0.1, 0.15) is 20.8 Å². The summed E-state index contributed by atoms with van der Waals surface area (Å²) in [6.07, 6.45) is -2.24. The summed E-state index contributed by atoms with van der Waals surface area (Å²) in [5.41, 5.74) is 0. The first-order valence-corrected chi connectivity index (χ1v) is 6.93. The molecule has 0 atom stereocenters. The lowest BCUT2D eigenvalue weighted by Gasteiger charge is -2.07. The van der Waals surface area contributed by atoms with Crippen molar-refractivity contribution >= 4 is 18.3 Å². The number of esters is 1. The fourth-order valence-corrected chi connectivity index (χ4v) is 1.10. The Hall–Kier alpha value is -2.97. The van der Waals surface area contributed by atoms with Crippen molar-refractivity contribution in [2.75, 3.05) is 20.7 Å². The highest BCUT2D eigenvalue weighted by molar-refractivity contribution is 5.66. The van der Waals surface area contributed by atoms with E-state index in [4.69, 9.17) is 9.47 Å². The summed E-state index contributed by atoms with van der Waals surface area (Å²) >= 11 is 0. The summed E-state index contributed by atoms with van der Waals surface area (Å²) in [6.45, 7) is 3.84. The topological polar surface area (TPSA) is 107 Å². The molecule has 9 heteroatoms. The van der Waals surface area contributed by atoms with Crippen LogP contribution >= 0.6 is 0 Å². The molecule has 0 heterocycles. The van der Waals surface area contributed by atoms with Gasteiger partial charge in [-0.25, -0.2) is 9.59 Å². The number of ether oxygens (including phenoxy) is 6. The van der Waals surface area contributed by atoms with Gasteiger partial charge in [-0.3, -0.25) is 4.79 Å². The molecule has 0 saturated carbocycles. The zero-order valence-corrected chi connectivity index (χ0v) is 13.9. The molecule has 0 fully saturated rings. The first-order chi connectivity index (χ1) is 11.5. The van der Waals surface area contributed by atoms with Crippen molar-refractivity contribution in [2.24, 2.45) is 0 Å². The molecule has 0 N–H and O–H groups in total. The van der Waals surface area contributed by atoms with Crippen LogP contribution in [0.2, 0.25) is 0 Å². The molecule has 0 spiro atoms. The van der Waals surface area contributed by atoms with Crippen LogP contribution in [0.3, 0.4) is 0 Å². The lowest BCUT2D eigenvalue weighted by Crippen LogP contribution is -2.17. The van der Waals surface area contributed by atoms with Gasteiger partial charge >= 0.3 is 18.3 Å². The van der Waals surface area contributed by atoms with E-state index in [1.807, 2.05) is 13.8 Å². The van der Waals surface area contributed by atoms with Crippen LogP contribution in [0.25, 0.3) is 0 Å². The van der Waals surface area contributed by atoms with Crippen LogP contribution in [-0.4, -0.2) is 39.0 Å². The van der Waals surface area contributed by atoms with Gasteiger partial charge in [-0.1, -0.05) is 13.8 Å². The monoisotopic (exact) mass is 344 g/mol. The molecule has 0 bridgehead atoms. The maximum absolute atomic E-state index is 11.3. The zero-order valence-electron chi connectivity index (χ0n) is 13.9. The van der Waals surface area contributed by atoms with E-state index in [1.165, 1.54) is 19.2 Å². The van der Waals surface area contributed by atoms with Crippen molar-refractivity contribution in [1.82, 2.24) is 0 Å². The van der Waals surface area contributed by atoms with Crippen LogP contribution in [0, 0.1) is 0 Å². The molecule has 9 nitrogen and oxygen atoms in total. The molecule has 0 aliphatic rings. The van der Waals surface area contributed by atoms with E-state index in [0.717, 1.165) is 6.92 Å². The Morgan fingerprint density at radius 1 is 0.792 bits per heavy atom. The summed E-state index contributed by atoms with van der Waals surface area (Å²) in [5, 5.41) is 0. The fourth-order valence-electron chi connectivity index (χ4n) is 1.10. The van der Waals surface area contributed by atoms with Gasteiger partial charge in [-0.2, -0.15) is 0 Å². The third-order valence-corrected chi connectivity index (χ3v) is 2.05. The average molecular weight is 344 g/mol. The minimum atomic E-state index is -1.17. The Labute approximate surface area is 139 Å². The maximum atomic E-state index is 11.3. The predicted molar refractivity (Wildman–Crippen MR) is 80.5 cm³/mol. The fraction of sp³-hybridized carbons (Fsp3) is 0.400. The van der Waals surface area contributed by atoms with Crippen molar-refractivity contribution in [3.63, 3.8) is 0 Å². The molecule has 1 rings (SSSR count). The van der Waals surface area contributed by atoms with E-state index in [2.05, 4.69) is 18.9 Å². The second-order valence-corrected chi connectivity index (χ2v) is 3.58. The molecule has 0 aromatic heterocycles. The molecule has 1 aromatic carbocycles. The maximum Gasteiger partial charge on any atom is 0.516 e. The second kappa shape index (κ2) is 12.6. The van der Waals surface area contributed by atoms with Gasteiger partial charge in [-0.05, 0) is 24.3 Å². The first-order valence-electron chi connectivity index (χ1n) is 6.93. The van der Waals surface area contributed by atoms with Gasteiger partial charge < -0.3 is 28.4 Å². The average Bonchev–Trinajstić information content (AvgIpc) is 2.57. The largest absolute Gasteiger partial charge is 0.516 e. The highest BCUT2D eigenvalue weighted by Gasteiger charge is 2.09. The molecule has 0 amide bonds. The van der Waals surface area contributed by atoms with E-state index in [-0.39, 0.29) is 5.75 Å². The predicted octanol–water partition coefficient (Wildman–Crippen LogP) is 2.87. The molecular formula is C15H20O9. The van der Waals surface area contributed by atoms with Crippen molar-refractivity contribution in [3.05, 3.63) is 24.3 Å². The lowest BCUT2D eigenvalue weighted by molar-refractivity contribution is -0.151. The molecule has 0 aliphatic heterocycles. The van der Waals surface area contributed by atoms with Crippen LogP contribution in [-0.2, 0) is 23.7 Å². The van der Waals surface area contributed by atoms with E-state index in [1.54, 1.807) is 12.1 Å². The zero-order chi connectivity index (χ0) is 18.4. The Bertz CT molecular complexity index is 510. The summed E-state index contributed by atoms with van der Waals surface area (Å²) in [4.78, 5) is 32.6. The third-order valence-electron chi connectivity index (χ3n) is 2.05. The van der Waals surface area contributed by atoms with Crippen molar-refractivity contribution in [3.8, 4) is 11.5 Å². The highest BCUT2D eigenvalue weighted by atomic mass is 16.8. The minimum absolute atomic E-state index is 0.225. The molecular weight excluding hydrogens is 324 g/mol. The summed E-state index contributed by atoms with van der Waals surface area (Å²) in [6, 6.07) is 6.17. The number of hydrogen-bond acceptors (Lipinski definition) is 9. The minimum Gasteiger partial charge on any atom is -0.497 e. The van der Waals surface area contributed by atoms with Crippen molar-refractivity contribution < 1.29 is 42.8 Å². The van der Waals surface area contributed by atoms with Crippen LogP contribution in [0.4, 0.5) is 9.59 Å². The quantitative estimate of drug-likeness (QED) is 0.437. The van der Waals surface area contributed by atoms with E-state index >= 15 is 0 Å². The van der Waals surface area contributed by atoms with Crippen LogP contribution < -0.4 is 9.47 Å². The van der Waals surface area contributed by atoms with Crippen molar-refractivity contribution in [2.45, 2.75) is 20.8 Å². The molecule has 134 valence electrons. The number of benzene rings is 1. The molecule has 0 aliphatic carbocycles.